The number of amides is 1. The zero-order chi connectivity index (χ0) is 18.7. The molecule has 0 unspecified atom stereocenters. The van der Waals surface area contributed by atoms with Crippen LogP contribution in [0.25, 0.3) is 0 Å². The first-order chi connectivity index (χ1) is 11.8. The number of rotatable bonds is 5. The van der Waals surface area contributed by atoms with Gasteiger partial charge in [0, 0.05) is 30.3 Å². The number of hydrogen-bond donors (Lipinski definition) is 4. The average molecular weight is 379 g/mol. The highest BCUT2D eigenvalue weighted by Crippen LogP contribution is 2.38. The average Bonchev–Trinajstić information content (AvgIpc) is 2.61. The Bertz CT molecular complexity index is 624. The van der Waals surface area contributed by atoms with Crippen LogP contribution in [0.15, 0.2) is 12.1 Å². The number of carbonyl (C=O) groups is 1. The number of hydrogen-bond acceptors (Lipinski definition) is 5. The predicted octanol–water partition coefficient (Wildman–Crippen LogP) is 1.57. The van der Waals surface area contributed by atoms with E-state index in [1.54, 1.807) is 0 Å². The number of phenolic OH excluding ortho intramolecular Hbond substituents is 1. The molecule has 9 heteroatoms. The summed E-state index contributed by atoms with van der Waals surface area (Å²) in [7, 11) is 0. The number of piperidine rings is 1. The van der Waals surface area contributed by atoms with Crippen LogP contribution < -0.4 is 5.73 Å². The van der Waals surface area contributed by atoms with Crippen LogP contribution in [0.2, 0.25) is 5.02 Å². The topological polar surface area (TPSA) is 107 Å². The molecule has 6 nitrogen and oxygen atoms in total. The molecule has 1 fully saturated rings. The highest BCUT2D eigenvalue weighted by Gasteiger charge is 2.31. The summed E-state index contributed by atoms with van der Waals surface area (Å²) in [5.41, 5.74) is 6.01. The Morgan fingerprint density at radius 1 is 1.32 bits per heavy atom. The normalized spacial score (nSPS) is 18.4. The second-order valence-corrected chi connectivity index (χ2v) is 6.53. The summed E-state index contributed by atoms with van der Waals surface area (Å²) in [6, 6.07) is 1.57. The van der Waals surface area contributed by atoms with Crippen molar-refractivity contribution >= 4 is 17.5 Å². The summed E-state index contributed by atoms with van der Waals surface area (Å²) in [6.45, 7) is 0.0525. The minimum Gasteiger partial charge on any atom is -0.508 e. The van der Waals surface area contributed by atoms with Crippen LogP contribution in [0, 0.1) is 5.92 Å². The van der Waals surface area contributed by atoms with Crippen molar-refractivity contribution in [1.29, 1.82) is 0 Å². The standard InChI is InChI=1S/C16H21ClF2N2O4/c17-11-5-10(12(23)6-9(11)15(18)19)14(20)8-1-3-21(4-2-8)16(25)13(24)7-22/h5-6,8,13-15,22-24H,1-4,7,20H2/t13-,14-/m1/s1. The molecule has 2 rings (SSSR count). The number of aliphatic hydroxyl groups is 2. The van der Waals surface area contributed by atoms with Crippen molar-refractivity contribution in [3.8, 4) is 5.75 Å². The number of halogens is 3. The lowest BCUT2D eigenvalue weighted by molar-refractivity contribution is -0.143. The second-order valence-electron chi connectivity index (χ2n) is 6.12. The molecule has 140 valence electrons. The number of alkyl halides is 2. The van der Waals surface area contributed by atoms with Gasteiger partial charge in [0.05, 0.1) is 11.6 Å². The van der Waals surface area contributed by atoms with Crippen LogP contribution in [0.5, 0.6) is 5.75 Å². The maximum atomic E-state index is 12.8. The number of aliphatic hydroxyl groups excluding tert-OH is 2. The number of carbonyl (C=O) groups excluding carboxylic acids is 1. The van der Waals surface area contributed by atoms with Gasteiger partial charge in [0.15, 0.2) is 6.10 Å². The maximum absolute atomic E-state index is 12.8. The smallest absolute Gasteiger partial charge is 0.265 e. The maximum Gasteiger partial charge on any atom is 0.265 e. The van der Waals surface area contributed by atoms with E-state index in [0.717, 1.165) is 6.07 Å². The minimum absolute atomic E-state index is 0.0883. The van der Waals surface area contributed by atoms with E-state index in [4.69, 9.17) is 22.4 Å². The lowest BCUT2D eigenvalue weighted by Gasteiger charge is -2.35. The number of benzene rings is 1. The molecule has 1 saturated heterocycles. The number of nitrogens with two attached hydrogens (primary N) is 1. The fraction of sp³-hybridized carbons (Fsp3) is 0.562. The van der Waals surface area contributed by atoms with Crippen molar-refractivity contribution in [2.45, 2.75) is 31.4 Å². The SMILES string of the molecule is N[C@@H](c1cc(Cl)c(C(F)F)cc1O)C1CCN(C(=O)[C@H](O)CO)CC1. The van der Waals surface area contributed by atoms with Crippen molar-refractivity contribution in [1.82, 2.24) is 4.90 Å². The molecule has 0 saturated carbocycles. The molecule has 1 aromatic rings. The molecule has 5 N–H and O–H groups in total. The Morgan fingerprint density at radius 3 is 2.44 bits per heavy atom. The molecule has 0 aromatic heterocycles. The van der Waals surface area contributed by atoms with Gasteiger partial charge < -0.3 is 26.0 Å². The minimum atomic E-state index is -2.80. The van der Waals surface area contributed by atoms with Gasteiger partial charge in [-0.1, -0.05) is 11.6 Å². The number of likely N-dealkylation sites (tertiary alicyclic amines) is 1. The van der Waals surface area contributed by atoms with Crippen LogP contribution in [0.1, 0.15) is 36.4 Å². The first kappa shape index (κ1) is 19.8. The van der Waals surface area contributed by atoms with E-state index in [2.05, 4.69) is 0 Å². The number of nitrogens with zero attached hydrogens (tertiary/aromatic N) is 1. The molecule has 1 amide bonds. The van der Waals surface area contributed by atoms with Crippen LogP contribution in [0.4, 0.5) is 8.78 Å². The zero-order valence-electron chi connectivity index (χ0n) is 13.4. The third-order valence-electron chi connectivity index (χ3n) is 4.56. The van der Waals surface area contributed by atoms with Gasteiger partial charge in [0.25, 0.3) is 12.3 Å². The van der Waals surface area contributed by atoms with Crippen LogP contribution in [-0.2, 0) is 4.79 Å². The molecular weight excluding hydrogens is 358 g/mol. The Kier molecular flexibility index (Phi) is 6.56. The molecule has 1 aliphatic rings. The fourth-order valence-corrected chi connectivity index (χ4v) is 3.30. The van der Waals surface area contributed by atoms with Gasteiger partial charge in [0.1, 0.15) is 5.75 Å². The van der Waals surface area contributed by atoms with Crippen LogP contribution in [0.3, 0.4) is 0 Å². The highest BCUT2D eigenvalue weighted by molar-refractivity contribution is 6.31. The summed E-state index contributed by atoms with van der Waals surface area (Å²) in [5.74, 6) is -0.960. The van der Waals surface area contributed by atoms with Gasteiger partial charge in [0.2, 0.25) is 0 Å². The van der Waals surface area contributed by atoms with Crippen molar-refractivity contribution in [2.75, 3.05) is 19.7 Å². The largest absolute Gasteiger partial charge is 0.508 e. The molecule has 2 atom stereocenters. The molecule has 1 aromatic carbocycles. The van der Waals surface area contributed by atoms with Gasteiger partial charge in [-0.3, -0.25) is 4.79 Å². The van der Waals surface area contributed by atoms with E-state index in [0.29, 0.717) is 25.9 Å². The van der Waals surface area contributed by atoms with E-state index in [1.165, 1.54) is 11.0 Å². The second kappa shape index (κ2) is 8.27. The van der Waals surface area contributed by atoms with Crippen molar-refractivity contribution in [3.05, 3.63) is 28.3 Å². The Morgan fingerprint density at radius 2 is 1.92 bits per heavy atom. The Hall–Kier alpha value is -1.48. The Labute approximate surface area is 148 Å². The molecule has 25 heavy (non-hydrogen) atoms. The molecule has 0 radical (unpaired) electrons. The third kappa shape index (κ3) is 4.38. The summed E-state index contributed by atoms with van der Waals surface area (Å²) in [6.07, 6.45) is -3.21. The van der Waals surface area contributed by atoms with E-state index in [-0.39, 0.29) is 22.3 Å². The van der Waals surface area contributed by atoms with Gasteiger partial charge in [-0.05, 0) is 30.9 Å². The van der Waals surface area contributed by atoms with Crippen molar-refractivity contribution < 1.29 is 28.9 Å². The lowest BCUT2D eigenvalue weighted by atomic mass is 9.85. The van der Waals surface area contributed by atoms with Crippen LogP contribution >= 0.6 is 11.6 Å². The molecule has 0 aliphatic carbocycles. The molecular formula is C16H21ClF2N2O4. The van der Waals surface area contributed by atoms with Crippen molar-refractivity contribution in [3.63, 3.8) is 0 Å². The first-order valence-electron chi connectivity index (χ1n) is 7.90. The van der Waals surface area contributed by atoms with Gasteiger partial charge >= 0.3 is 0 Å². The number of phenols is 1. The van der Waals surface area contributed by atoms with Gasteiger partial charge in [-0.2, -0.15) is 0 Å². The molecule has 1 heterocycles. The van der Waals surface area contributed by atoms with Gasteiger partial charge in [-0.25, -0.2) is 8.78 Å². The third-order valence-corrected chi connectivity index (χ3v) is 4.88. The monoisotopic (exact) mass is 378 g/mol. The molecule has 1 aliphatic heterocycles. The first-order valence-corrected chi connectivity index (χ1v) is 8.27. The van der Waals surface area contributed by atoms with E-state index in [1.807, 2.05) is 0 Å². The van der Waals surface area contributed by atoms with E-state index in [9.17, 15) is 23.8 Å². The van der Waals surface area contributed by atoms with E-state index < -0.39 is 36.6 Å². The van der Waals surface area contributed by atoms with Gasteiger partial charge in [-0.15, -0.1) is 0 Å². The molecule has 0 bridgehead atoms. The molecule has 0 spiro atoms. The summed E-state index contributed by atoms with van der Waals surface area (Å²) in [5, 5.41) is 28.1. The zero-order valence-corrected chi connectivity index (χ0v) is 14.2. The summed E-state index contributed by atoms with van der Waals surface area (Å²) < 4.78 is 25.6. The lowest BCUT2D eigenvalue weighted by Crippen LogP contribution is -2.46. The van der Waals surface area contributed by atoms with Crippen molar-refractivity contribution in [2.24, 2.45) is 11.7 Å². The number of aromatic hydroxyl groups is 1. The summed E-state index contributed by atoms with van der Waals surface area (Å²) in [4.78, 5) is 13.3. The Balaban J connectivity index is 2.07. The van der Waals surface area contributed by atoms with E-state index >= 15 is 0 Å². The quantitative estimate of drug-likeness (QED) is 0.622. The fourth-order valence-electron chi connectivity index (χ4n) is 3.05. The summed E-state index contributed by atoms with van der Waals surface area (Å²) >= 11 is 5.84. The highest BCUT2D eigenvalue weighted by atomic mass is 35.5. The predicted molar refractivity (Wildman–Crippen MR) is 87.4 cm³/mol. The van der Waals surface area contributed by atoms with Crippen LogP contribution in [-0.4, -0.2) is 51.9 Å².